The highest BCUT2D eigenvalue weighted by molar-refractivity contribution is 5.74. The highest BCUT2D eigenvalue weighted by Crippen LogP contribution is 2.32. The number of hydrogen-bond acceptors (Lipinski definition) is 1. The van der Waals surface area contributed by atoms with Crippen molar-refractivity contribution in [3.8, 4) is 34.9 Å². The minimum Gasteiger partial charge on any atom is -0.246 e. The minimum absolute atomic E-state index is 0.265. The fraction of sp³-hybridized carbons (Fsp3) is 0.136. The van der Waals surface area contributed by atoms with Crippen LogP contribution in [0.5, 0.6) is 0 Å². The van der Waals surface area contributed by atoms with Gasteiger partial charge in [0.1, 0.15) is 5.82 Å². The lowest BCUT2D eigenvalue weighted by atomic mass is 9.92. The molecule has 0 aliphatic carbocycles. The number of halogens is 1. The van der Waals surface area contributed by atoms with E-state index in [2.05, 4.69) is 25.8 Å². The molecule has 3 rings (SSSR count). The first-order valence-corrected chi connectivity index (χ1v) is 7.93. The molecule has 2 aromatic carbocycles. The molecule has 0 saturated carbocycles. The third kappa shape index (κ3) is 3.07. The summed E-state index contributed by atoms with van der Waals surface area (Å²) in [6.45, 7) is 4.22. The number of rotatable bonds is 3. The van der Waals surface area contributed by atoms with E-state index in [0.717, 1.165) is 33.6 Å². The van der Waals surface area contributed by atoms with Gasteiger partial charge in [0.15, 0.2) is 0 Å². The number of terminal acetylenes is 1. The van der Waals surface area contributed by atoms with Crippen molar-refractivity contribution in [3.05, 3.63) is 77.6 Å². The van der Waals surface area contributed by atoms with Gasteiger partial charge in [0.25, 0.3) is 0 Å². The number of aromatic nitrogens is 1. The Kier molecular flexibility index (Phi) is 4.44. The number of benzene rings is 2. The van der Waals surface area contributed by atoms with Crippen LogP contribution < -0.4 is 0 Å². The standard InChI is InChI=1S/C22H18FN/c1-4-19-20(15(2)3)14-21(16-8-6-5-7-9-16)24-22(19)17-10-12-18(23)13-11-17/h1,5-15H,2-3H3. The summed E-state index contributed by atoms with van der Waals surface area (Å²) in [5, 5.41) is 0. The van der Waals surface area contributed by atoms with Gasteiger partial charge in [0.2, 0.25) is 0 Å². The molecule has 0 amide bonds. The van der Waals surface area contributed by atoms with Crippen LogP contribution in [0.4, 0.5) is 4.39 Å². The van der Waals surface area contributed by atoms with Crippen molar-refractivity contribution in [1.29, 1.82) is 0 Å². The zero-order chi connectivity index (χ0) is 17.1. The van der Waals surface area contributed by atoms with Crippen LogP contribution in [0.15, 0.2) is 60.7 Å². The average molecular weight is 315 g/mol. The quantitative estimate of drug-likeness (QED) is 0.568. The van der Waals surface area contributed by atoms with Gasteiger partial charge in [0.05, 0.1) is 17.0 Å². The van der Waals surface area contributed by atoms with Gasteiger partial charge >= 0.3 is 0 Å². The molecule has 0 aliphatic rings. The lowest BCUT2D eigenvalue weighted by Gasteiger charge is -2.16. The van der Waals surface area contributed by atoms with Crippen molar-refractivity contribution in [3.63, 3.8) is 0 Å². The summed E-state index contributed by atoms with van der Waals surface area (Å²) in [4.78, 5) is 4.79. The molecular weight excluding hydrogens is 297 g/mol. The maximum atomic E-state index is 13.3. The second kappa shape index (κ2) is 6.68. The van der Waals surface area contributed by atoms with Gasteiger partial charge in [-0.25, -0.2) is 9.37 Å². The van der Waals surface area contributed by atoms with Crippen LogP contribution >= 0.6 is 0 Å². The fourth-order valence-electron chi connectivity index (χ4n) is 2.75. The average Bonchev–Trinajstić information content (AvgIpc) is 2.62. The summed E-state index contributed by atoms with van der Waals surface area (Å²) >= 11 is 0. The molecule has 0 saturated heterocycles. The lowest BCUT2D eigenvalue weighted by Crippen LogP contribution is -2.01. The van der Waals surface area contributed by atoms with Gasteiger partial charge < -0.3 is 0 Å². The van der Waals surface area contributed by atoms with Crippen molar-refractivity contribution in [2.45, 2.75) is 19.8 Å². The minimum atomic E-state index is -0.274. The topological polar surface area (TPSA) is 12.9 Å². The summed E-state index contributed by atoms with van der Waals surface area (Å²) in [7, 11) is 0. The molecule has 0 fully saturated rings. The molecule has 118 valence electrons. The lowest BCUT2D eigenvalue weighted by molar-refractivity contribution is 0.628. The Balaban J connectivity index is 2.28. The van der Waals surface area contributed by atoms with Crippen molar-refractivity contribution in [2.75, 3.05) is 0 Å². The predicted octanol–water partition coefficient (Wildman–Crippen LogP) is 5.66. The van der Waals surface area contributed by atoms with E-state index in [1.165, 1.54) is 12.1 Å². The van der Waals surface area contributed by atoms with Crippen molar-refractivity contribution >= 4 is 0 Å². The third-order valence-electron chi connectivity index (χ3n) is 4.00. The largest absolute Gasteiger partial charge is 0.246 e. The molecule has 0 unspecified atom stereocenters. The second-order valence-corrected chi connectivity index (χ2v) is 5.99. The van der Waals surface area contributed by atoms with E-state index in [0.29, 0.717) is 0 Å². The van der Waals surface area contributed by atoms with Crippen LogP contribution in [0.1, 0.15) is 30.9 Å². The van der Waals surface area contributed by atoms with E-state index in [9.17, 15) is 4.39 Å². The molecule has 0 atom stereocenters. The molecule has 0 bridgehead atoms. The van der Waals surface area contributed by atoms with E-state index in [-0.39, 0.29) is 11.7 Å². The van der Waals surface area contributed by atoms with Gasteiger partial charge in [0, 0.05) is 11.1 Å². The summed E-state index contributed by atoms with van der Waals surface area (Å²) < 4.78 is 13.3. The molecule has 0 spiro atoms. The normalized spacial score (nSPS) is 10.6. The molecule has 1 aromatic heterocycles. The van der Waals surface area contributed by atoms with Gasteiger partial charge in [-0.1, -0.05) is 50.1 Å². The zero-order valence-corrected chi connectivity index (χ0v) is 13.8. The molecular formula is C22H18FN. The molecule has 1 heterocycles. The predicted molar refractivity (Wildman–Crippen MR) is 97.1 cm³/mol. The SMILES string of the molecule is C#Cc1c(C(C)C)cc(-c2ccccc2)nc1-c1ccc(F)cc1. The summed E-state index contributed by atoms with van der Waals surface area (Å²) in [5.74, 6) is 2.77. The van der Waals surface area contributed by atoms with Crippen LogP contribution in [0.3, 0.4) is 0 Å². The van der Waals surface area contributed by atoms with Crippen LogP contribution in [-0.2, 0) is 0 Å². The second-order valence-electron chi connectivity index (χ2n) is 5.99. The maximum Gasteiger partial charge on any atom is 0.123 e. The monoisotopic (exact) mass is 315 g/mol. The van der Waals surface area contributed by atoms with Crippen molar-refractivity contribution < 1.29 is 4.39 Å². The first-order chi connectivity index (χ1) is 11.6. The van der Waals surface area contributed by atoms with E-state index >= 15 is 0 Å². The Bertz CT molecular complexity index is 888. The summed E-state index contributed by atoms with van der Waals surface area (Å²) in [5.41, 5.74) is 5.30. The molecule has 0 aliphatic heterocycles. The summed E-state index contributed by atoms with van der Waals surface area (Å²) in [6, 6.07) is 18.4. The first-order valence-electron chi connectivity index (χ1n) is 7.93. The Morgan fingerprint density at radius 3 is 2.21 bits per heavy atom. The van der Waals surface area contributed by atoms with Crippen molar-refractivity contribution in [2.24, 2.45) is 0 Å². The molecule has 1 nitrogen and oxygen atoms in total. The molecule has 0 N–H and O–H groups in total. The number of hydrogen-bond donors (Lipinski definition) is 0. The fourth-order valence-corrected chi connectivity index (χ4v) is 2.75. The van der Waals surface area contributed by atoms with Crippen molar-refractivity contribution in [1.82, 2.24) is 4.98 Å². The Hall–Kier alpha value is -2.92. The highest BCUT2D eigenvalue weighted by Gasteiger charge is 2.16. The maximum absolute atomic E-state index is 13.3. The smallest absolute Gasteiger partial charge is 0.123 e. The molecule has 2 heteroatoms. The van der Waals surface area contributed by atoms with Gasteiger partial charge in [-0.3, -0.25) is 0 Å². The Morgan fingerprint density at radius 2 is 1.62 bits per heavy atom. The van der Waals surface area contributed by atoms with Crippen LogP contribution in [0.2, 0.25) is 0 Å². The number of nitrogens with zero attached hydrogens (tertiary/aromatic N) is 1. The van der Waals surface area contributed by atoms with Crippen LogP contribution in [0.25, 0.3) is 22.5 Å². The highest BCUT2D eigenvalue weighted by atomic mass is 19.1. The van der Waals surface area contributed by atoms with E-state index in [1.807, 2.05) is 30.3 Å². The Morgan fingerprint density at radius 1 is 0.958 bits per heavy atom. The van der Waals surface area contributed by atoms with Gasteiger partial charge in [-0.15, -0.1) is 6.42 Å². The summed E-state index contributed by atoms with van der Waals surface area (Å²) in [6.07, 6.45) is 5.78. The molecule has 24 heavy (non-hydrogen) atoms. The van der Waals surface area contributed by atoms with Crippen LogP contribution in [0, 0.1) is 18.2 Å². The van der Waals surface area contributed by atoms with E-state index in [1.54, 1.807) is 12.1 Å². The Labute approximate surface area is 142 Å². The van der Waals surface area contributed by atoms with Gasteiger partial charge in [-0.05, 0) is 41.8 Å². The van der Waals surface area contributed by atoms with E-state index < -0.39 is 0 Å². The first kappa shape index (κ1) is 16.0. The third-order valence-corrected chi connectivity index (χ3v) is 4.00. The zero-order valence-electron chi connectivity index (χ0n) is 13.8. The van der Waals surface area contributed by atoms with Crippen LogP contribution in [-0.4, -0.2) is 4.98 Å². The molecule has 0 radical (unpaired) electrons. The van der Waals surface area contributed by atoms with E-state index in [4.69, 9.17) is 11.4 Å². The number of pyridine rings is 1. The van der Waals surface area contributed by atoms with Gasteiger partial charge in [-0.2, -0.15) is 0 Å². The molecule has 3 aromatic rings.